The minimum absolute atomic E-state index is 0.0373. The number of benzene rings is 2. The Morgan fingerprint density at radius 3 is 2.60 bits per heavy atom. The van der Waals surface area contributed by atoms with Gasteiger partial charge in [-0.3, -0.25) is 14.5 Å². The molecule has 11 heteroatoms. The van der Waals surface area contributed by atoms with Gasteiger partial charge in [0.05, 0.1) is 30.4 Å². The molecule has 2 heterocycles. The number of hydrogen-bond donors (Lipinski definition) is 2. The molecule has 0 bridgehead atoms. The summed E-state index contributed by atoms with van der Waals surface area (Å²) in [6, 6.07) is 15.5. The zero-order valence-electron chi connectivity index (χ0n) is 24.1. The predicted molar refractivity (Wildman–Crippen MR) is 165 cm³/mol. The highest BCUT2D eigenvalue weighted by Crippen LogP contribution is 2.52. The highest BCUT2D eigenvalue weighted by atomic mass is 32.2. The molecule has 216 valence electrons. The Morgan fingerprint density at radius 1 is 1.19 bits per heavy atom. The van der Waals surface area contributed by atoms with Gasteiger partial charge in [0, 0.05) is 28.9 Å². The van der Waals surface area contributed by atoms with E-state index in [1.54, 1.807) is 12.0 Å². The number of anilines is 2. The number of nitrogens with zero attached hydrogens (tertiary/aromatic N) is 4. The largest absolute Gasteiger partial charge is 0.496 e. The molecule has 1 amide bonds. The van der Waals surface area contributed by atoms with E-state index in [9.17, 15) is 14.9 Å². The fourth-order valence-corrected chi connectivity index (χ4v) is 7.29. The number of thioether (sulfide) groups is 1. The Bertz CT molecular complexity index is 1660. The number of nitrogens with two attached hydrogens (primary N) is 1. The molecule has 42 heavy (non-hydrogen) atoms. The van der Waals surface area contributed by atoms with Crippen LogP contribution in [0.15, 0.2) is 69.5 Å². The number of carbonyl (C=O) groups excluding carboxylic acids is 2. The number of para-hydroxylation sites is 2. The first kappa shape index (κ1) is 29.4. The summed E-state index contributed by atoms with van der Waals surface area (Å²) in [5.74, 6) is 0.0866. The number of nitrogens with one attached hydrogen (secondary N) is 1. The fourth-order valence-electron chi connectivity index (χ4n) is 5.61. The predicted octanol–water partition coefficient (Wildman–Crippen LogP) is 5.84. The number of amides is 1. The van der Waals surface area contributed by atoms with Crippen LogP contribution in [0.1, 0.15) is 49.3 Å². The number of ketones is 1. The number of carbonyl (C=O) groups is 2. The minimum Gasteiger partial charge on any atom is -0.496 e. The quantitative estimate of drug-likeness (QED) is 0.321. The van der Waals surface area contributed by atoms with Crippen LogP contribution in [-0.2, 0) is 9.59 Å². The summed E-state index contributed by atoms with van der Waals surface area (Å²) in [5.41, 5.74) is 11.4. The van der Waals surface area contributed by atoms with Gasteiger partial charge in [0.25, 0.3) is 0 Å². The molecule has 0 fully saturated rings. The SMILES string of the molecule is COc1ccccc1C1C(C#N)=C(N)N(c2nnc(SCC(=O)Nc3c(C)cccc3C)s2)C2=C1C(=O)CC(C)(C)C2. The molecular formula is C31H32N6O3S2. The summed E-state index contributed by atoms with van der Waals surface area (Å²) in [6.45, 7) is 8.00. The van der Waals surface area contributed by atoms with E-state index in [0.717, 1.165) is 16.8 Å². The second-order valence-electron chi connectivity index (χ2n) is 11.2. The molecule has 1 atom stereocenters. The van der Waals surface area contributed by atoms with Gasteiger partial charge < -0.3 is 15.8 Å². The lowest BCUT2D eigenvalue weighted by atomic mass is 9.68. The van der Waals surface area contributed by atoms with Gasteiger partial charge in [0.2, 0.25) is 11.0 Å². The first-order valence-corrected chi connectivity index (χ1v) is 15.3. The molecule has 2 aromatic carbocycles. The fraction of sp³-hybridized carbons (Fsp3) is 0.323. The van der Waals surface area contributed by atoms with E-state index >= 15 is 0 Å². The van der Waals surface area contributed by atoms with E-state index in [1.807, 2.05) is 70.2 Å². The molecule has 3 N–H and O–H groups in total. The van der Waals surface area contributed by atoms with Crippen molar-refractivity contribution in [3.8, 4) is 11.8 Å². The van der Waals surface area contributed by atoms with Crippen LogP contribution in [0, 0.1) is 30.6 Å². The van der Waals surface area contributed by atoms with E-state index in [2.05, 4.69) is 21.6 Å². The molecule has 0 radical (unpaired) electrons. The summed E-state index contributed by atoms with van der Waals surface area (Å²) >= 11 is 2.53. The third-order valence-electron chi connectivity index (χ3n) is 7.49. The van der Waals surface area contributed by atoms with Crippen molar-refractivity contribution in [2.75, 3.05) is 23.1 Å². The van der Waals surface area contributed by atoms with Crippen molar-refractivity contribution in [3.05, 3.63) is 81.8 Å². The number of aryl methyl sites for hydroxylation is 2. The van der Waals surface area contributed by atoms with Crippen LogP contribution in [0.2, 0.25) is 0 Å². The van der Waals surface area contributed by atoms with Crippen LogP contribution in [0.4, 0.5) is 10.8 Å². The average molecular weight is 601 g/mol. The molecule has 0 saturated heterocycles. The Hall–Kier alpha value is -4.14. The Kier molecular flexibility index (Phi) is 8.12. The molecule has 1 unspecified atom stereocenters. The molecule has 3 aromatic rings. The van der Waals surface area contributed by atoms with Crippen molar-refractivity contribution < 1.29 is 14.3 Å². The molecule has 9 nitrogen and oxygen atoms in total. The Balaban J connectivity index is 1.48. The summed E-state index contributed by atoms with van der Waals surface area (Å²) in [5, 5.41) is 22.5. The second-order valence-corrected chi connectivity index (χ2v) is 13.4. The van der Waals surface area contributed by atoms with Crippen LogP contribution in [0.5, 0.6) is 5.75 Å². The normalized spacial score (nSPS) is 18.0. The van der Waals surface area contributed by atoms with Crippen molar-refractivity contribution in [2.24, 2.45) is 11.1 Å². The lowest BCUT2D eigenvalue weighted by molar-refractivity contribution is -0.118. The topological polar surface area (TPSA) is 134 Å². The van der Waals surface area contributed by atoms with Crippen molar-refractivity contribution >= 4 is 45.6 Å². The first-order valence-electron chi connectivity index (χ1n) is 13.5. The average Bonchev–Trinajstić information content (AvgIpc) is 3.41. The number of ether oxygens (including phenoxy) is 1. The summed E-state index contributed by atoms with van der Waals surface area (Å²) in [6.07, 6.45) is 0.899. The number of aromatic nitrogens is 2. The van der Waals surface area contributed by atoms with Gasteiger partial charge in [-0.2, -0.15) is 5.26 Å². The van der Waals surface area contributed by atoms with Crippen molar-refractivity contribution in [1.29, 1.82) is 5.26 Å². The molecule has 1 aliphatic heterocycles. The standard InChI is InChI=1S/C31H32N6O3S2/c1-17-9-8-10-18(2)27(17)34-24(39)16-41-30-36-35-29(42-30)37-21-13-31(3,4)14-22(38)26(21)25(20(15-32)28(37)33)19-11-6-7-12-23(19)40-5/h6-12,25H,13-14,16,33H2,1-5H3,(H,34,39). The monoisotopic (exact) mass is 600 g/mol. The maximum Gasteiger partial charge on any atom is 0.234 e. The zero-order chi connectivity index (χ0) is 30.2. The third-order valence-corrected chi connectivity index (χ3v) is 9.53. The smallest absolute Gasteiger partial charge is 0.234 e. The van der Waals surface area contributed by atoms with E-state index in [4.69, 9.17) is 10.5 Å². The number of nitriles is 1. The number of allylic oxidation sites excluding steroid dienone is 3. The van der Waals surface area contributed by atoms with Crippen LogP contribution < -0.4 is 20.7 Å². The Morgan fingerprint density at radius 2 is 1.90 bits per heavy atom. The first-order chi connectivity index (χ1) is 20.0. The Labute approximate surface area is 253 Å². The van der Waals surface area contributed by atoms with E-state index < -0.39 is 5.92 Å². The van der Waals surface area contributed by atoms with Crippen LogP contribution in [0.25, 0.3) is 0 Å². The van der Waals surface area contributed by atoms with Crippen molar-refractivity contribution in [3.63, 3.8) is 0 Å². The number of hydrogen-bond acceptors (Lipinski definition) is 10. The molecule has 1 aromatic heterocycles. The van der Waals surface area contributed by atoms with Crippen LogP contribution in [0.3, 0.4) is 0 Å². The van der Waals surface area contributed by atoms with Crippen molar-refractivity contribution in [1.82, 2.24) is 10.2 Å². The van der Waals surface area contributed by atoms with Gasteiger partial charge >= 0.3 is 0 Å². The lowest BCUT2D eigenvalue weighted by Crippen LogP contribution is -2.42. The second kappa shape index (κ2) is 11.6. The van der Waals surface area contributed by atoms with Crippen LogP contribution >= 0.6 is 23.1 Å². The molecule has 0 saturated carbocycles. The highest BCUT2D eigenvalue weighted by molar-refractivity contribution is 8.01. The van der Waals surface area contributed by atoms with E-state index in [-0.39, 0.29) is 34.3 Å². The zero-order valence-corrected chi connectivity index (χ0v) is 25.8. The number of Topliss-reactive ketones (excluding diaryl/α,β-unsaturated/α-hetero) is 1. The van der Waals surface area contributed by atoms with E-state index in [0.29, 0.717) is 44.9 Å². The highest BCUT2D eigenvalue weighted by Gasteiger charge is 2.46. The molecular weight excluding hydrogens is 569 g/mol. The van der Waals surface area contributed by atoms with Crippen LogP contribution in [-0.4, -0.2) is 34.8 Å². The number of rotatable bonds is 7. The summed E-state index contributed by atoms with van der Waals surface area (Å²) < 4.78 is 6.19. The molecule has 0 spiro atoms. The minimum atomic E-state index is -0.656. The lowest BCUT2D eigenvalue weighted by Gasteiger charge is -2.42. The molecule has 5 rings (SSSR count). The van der Waals surface area contributed by atoms with Crippen molar-refractivity contribution in [2.45, 2.75) is 50.8 Å². The number of methoxy groups -OCH3 is 1. The van der Waals surface area contributed by atoms with Gasteiger partial charge in [-0.05, 0) is 42.9 Å². The van der Waals surface area contributed by atoms with E-state index in [1.165, 1.54) is 23.1 Å². The van der Waals surface area contributed by atoms with Gasteiger partial charge in [0.15, 0.2) is 10.1 Å². The third kappa shape index (κ3) is 5.52. The maximum absolute atomic E-state index is 13.8. The summed E-state index contributed by atoms with van der Waals surface area (Å²) in [4.78, 5) is 28.2. The van der Waals surface area contributed by atoms with Gasteiger partial charge in [-0.1, -0.05) is 73.3 Å². The summed E-state index contributed by atoms with van der Waals surface area (Å²) in [7, 11) is 1.57. The van der Waals surface area contributed by atoms with Gasteiger partial charge in [0.1, 0.15) is 11.6 Å². The van der Waals surface area contributed by atoms with Gasteiger partial charge in [-0.25, -0.2) is 0 Å². The van der Waals surface area contributed by atoms with Gasteiger partial charge in [-0.15, -0.1) is 10.2 Å². The maximum atomic E-state index is 13.8. The molecule has 2 aliphatic rings. The molecule has 1 aliphatic carbocycles.